The van der Waals surface area contributed by atoms with Crippen LogP contribution in [0.15, 0.2) is 36.9 Å². The smallest absolute Gasteiger partial charge is 0.223 e. The van der Waals surface area contributed by atoms with Crippen molar-refractivity contribution >= 4 is 5.91 Å². The molecule has 1 aliphatic heterocycles. The van der Waals surface area contributed by atoms with Crippen LogP contribution in [0, 0.1) is 11.3 Å². The molecule has 1 atom stereocenters. The average molecular weight is 311 g/mol. The Morgan fingerprint density at radius 3 is 2.78 bits per heavy atom. The lowest BCUT2D eigenvalue weighted by Crippen LogP contribution is -2.33. The van der Waals surface area contributed by atoms with Gasteiger partial charge in [-0.25, -0.2) is 9.67 Å². The third kappa shape index (κ3) is 2.86. The molecule has 2 N–H and O–H groups in total. The predicted octanol–water partition coefficient (Wildman–Crippen LogP) is 1.27. The molecule has 1 spiro atoms. The summed E-state index contributed by atoms with van der Waals surface area (Å²) in [6.45, 7) is 2.68. The molecule has 2 heterocycles. The number of rotatable bonds is 4. The molecular weight excluding hydrogens is 290 g/mol. The van der Waals surface area contributed by atoms with Crippen molar-refractivity contribution in [1.29, 1.82) is 0 Å². The van der Waals surface area contributed by atoms with E-state index in [0.29, 0.717) is 12.0 Å². The Labute approximate surface area is 135 Å². The maximum Gasteiger partial charge on any atom is 0.223 e. The number of amides is 1. The second-order valence-electron chi connectivity index (χ2n) is 6.59. The topological polar surface area (TPSA) is 71.8 Å². The minimum atomic E-state index is 0.215. The van der Waals surface area contributed by atoms with E-state index in [-0.39, 0.29) is 11.8 Å². The van der Waals surface area contributed by atoms with Gasteiger partial charge in [-0.1, -0.05) is 12.1 Å². The molecule has 0 bridgehead atoms. The highest BCUT2D eigenvalue weighted by molar-refractivity contribution is 5.82. The van der Waals surface area contributed by atoms with Crippen LogP contribution >= 0.6 is 0 Å². The van der Waals surface area contributed by atoms with Crippen molar-refractivity contribution in [2.24, 2.45) is 11.3 Å². The first kappa shape index (κ1) is 14.4. The first-order valence-corrected chi connectivity index (χ1v) is 8.19. The zero-order valence-corrected chi connectivity index (χ0v) is 13.0. The Morgan fingerprint density at radius 1 is 1.30 bits per heavy atom. The Balaban J connectivity index is 1.32. The molecular formula is C17H21N5O. The molecule has 2 aromatic rings. The highest BCUT2D eigenvalue weighted by Gasteiger charge is 2.57. The first-order chi connectivity index (χ1) is 11.3. The van der Waals surface area contributed by atoms with Gasteiger partial charge < -0.3 is 10.6 Å². The van der Waals surface area contributed by atoms with Crippen LogP contribution < -0.4 is 10.6 Å². The van der Waals surface area contributed by atoms with Gasteiger partial charge in [0.1, 0.15) is 12.7 Å². The number of piperidine rings is 1. The standard InChI is InChI=1S/C17H21N5O/c23-16(15-9-17(15)5-7-18-8-6-17)20-10-13-1-3-14(4-2-13)22-12-19-11-21-22/h1-4,11-12,15,18H,5-10H2,(H,20,23). The lowest BCUT2D eigenvalue weighted by Gasteiger charge is -2.23. The summed E-state index contributed by atoms with van der Waals surface area (Å²) in [6, 6.07) is 8.01. The van der Waals surface area contributed by atoms with E-state index in [0.717, 1.165) is 43.6 Å². The van der Waals surface area contributed by atoms with Crippen molar-refractivity contribution in [3.8, 4) is 5.69 Å². The third-order valence-electron chi connectivity index (χ3n) is 5.19. The van der Waals surface area contributed by atoms with Crippen molar-refractivity contribution in [2.75, 3.05) is 13.1 Å². The third-order valence-corrected chi connectivity index (χ3v) is 5.19. The normalized spacial score (nSPS) is 22.0. The summed E-state index contributed by atoms with van der Waals surface area (Å²) in [5.41, 5.74) is 2.36. The zero-order valence-electron chi connectivity index (χ0n) is 13.0. The summed E-state index contributed by atoms with van der Waals surface area (Å²) < 4.78 is 1.72. The number of benzene rings is 1. The van der Waals surface area contributed by atoms with Gasteiger partial charge in [-0.3, -0.25) is 4.79 Å². The van der Waals surface area contributed by atoms with E-state index >= 15 is 0 Å². The van der Waals surface area contributed by atoms with Crippen LogP contribution in [0.2, 0.25) is 0 Å². The molecule has 23 heavy (non-hydrogen) atoms. The van der Waals surface area contributed by atoms with Crippen LogP contribution in [0.3, 0.4) is 0 Å². The molecule has 0 radical (unpaired) electrons. The molecule has 1 saturated heterocycles. The molecule has 1 unspecified atom stereocenters. The van der Waals surface area contributed by atoms with Gasteiger partial charge in [-0.05, 0) is 55.5 Å². The fraction of sp³-hybridized carbons (Fsp3) is 0.471. The quantitative estimate of drug-likeness (QED) is 0.892. The zero-order chi connectivity index (χ0) is 15.7. The number of carbonyl (C=O) groups excluding carboxylic acids is 1. The maximum absolute atomic E-state index is 12.4. The van der Waals surface area contributed by atoms with Crippen LogP contribution in [0.5, 0.6) is 0 Å². The number of nitrogens with one attached hydrogen (secondary N) is 2. The second-order valence-corrected chi connectivity index (χ2v) is 6.59. The molecule has 6 nitrogen and oxygen atoms in total. The Bertz CT molecular complexity index is 674. The molecule has 2 aliphatic rings. The van der Waals surface area contributed by atoms with Crippen molar-refractivity contribution in [3.05, 3.63) is 42.5 Å². The van der Waals surface area contributed by atoms with Gasteiger partial charge in [-0.2, -0.15) is 5.10 Å². The molecule has 1 aromatic carbocycles. The molecule has 120 valence electrons. The number of hydrogen-bond acceptors (Lipinski definition) is 4. The Hall–Kier alpha value is -2.21. The van der Waals surface area contributed by atoms with Crippen molar-refractivity contribution < 1.29 is 4.79 Å². The van der Waals surface area contributed by atoms with Gasteiger partial charge in [0.05, 0.1) is 5.69 Å². The van der Waals surface area contributed by atoms with Gasteiger partial charge in [0.15, 0.2) is 0 Å². The van der Waals surface area contributed by atoms with Crippen molar-refractivity contribution in [2.45, 2.75) is 25.8 Å². The highest BCUT2D eigenvalue weighted by atomic mass is 16.2. The van der Waals surface area contributed by atoms with E-state index in [1.165, 1.54) is 6.33 Å². The Kier molecular flexibility index (Phi) is 3.61. The molecule has 6 heteroatoms. The van der Waals surface area contributed by atoms with Gasteiger partial charge in [0.2, 0.25) is 5.91 Å². The first-order valence-electron chi connectivity index (χ1n) is 8.19. The van der Waals surface area contributed by atoms with E-state index in [1.807, 2.05) is 24.3 Å². The molecule has 1 aromatic heterocycles. The highest BCUT2D eigenvalue weighted by Crippen LogP contribution is 2.58. The second kappa shape index (κ2) is 5.77. The van der Waals surface area contributed by atoms with Crippen LogP contribution in [0.1, 0.15) is 24.8 Å². The van der Waals surface area contributed by atoms with Crippen LogP contribution in [0.4, 0.5) is 0 Å². The summed E-state index contributed by atoms with van der Waals surface area (Å²) in [5.74, 6) is 0.436. The van der Waals surface area contributed by atoms with E-state index in [9.17, 15) is 4.79 Å². The summed E-state index contributed by atoms with van der Waals surface area (Å²) in [6.07, 6.45) is 6.52. The van der Waals surface area contributed by atoms with E-state index in [4.69, 9.17) is 0 Å². The minimum Gasteiger partial charge on any atom is -0.352 e. The average Bonchev–Trinajstić information content (AvgIpc) is 3.03. The fourth-order valence-corrected chi connectivity index (χ4v) is 3.62. The summed E-state index contributed by atoms with van der Waals surface area (Å²) in [4.78, 5) is 16.3. The van der Waals surface area contributed by atoms with Crippen molar-refractivity contribution in [3.63, 3.8) is 0 Å². The Morgan fingerprint density at radius 2 is 2.09 bits per heavy atom. The van der Waals surface area contributed by atoms with Gasteiger partial charge in [0.25, 0.3) is 0 Å². The summed E-state index contributed by atoms with van der Waals surface area (Å²) in [7, 11) is 0. The molecule has 4 rings (SSSR count). The monoisotopic (exact) mass is 311 g/mol. The lowest BCUT2D eigenvalue weighted by molar-refractivity contribution is -0.123. The molecule has 1 saturated carbocycles. The van der Waals surface area contributed by atoms with Gasteiger partial charge in [0, 0.05) is 12.5 Å². The van der Waals surface area contributed by atoms with Crippen molar-refractivity contribution in [1.82, 2.24) is 25.4 Å². The number of hydrogen-bond donors (Lipinski definition) is 2. The van der Waals surface area contributed by atoms with Crippen LogP contribution in [0.25, 0.3) is 5.69 Å². The predicted molar refractivity (Wildman–Crippen MR) is 85.8 cm³/mol. The molecule has 1 amide bonds. The lowest BCUT2D eigenvalue weighted by atomic mass is 9.92. The number of carbonyl (C=O) groups is 1. The molecule has 2 fully saturated rings. The summed E-state index contributed by atoms with van der Waals surface area (Å²) >= 11 is 0. The van der Waals surface area contributed by atoms with Crippen LogP contribution in [-0.2, 0) is 11.3 Å². The summed E-state index contributed by atoms with van der Waals surface area (Å²) in [5, 5.41) is 10.6. The molecule has 1 aliphatic carbocycles. The van der Waals surface area contributed by atoms with Gasteiger partial charge in [-0.15, -0.1) is 0 Å². The number of nitrogens with zero attached hydrogens (tertiary/aromatic N) is 3. The SMILES string of the molecule is O=C(NCc1ccc(-n2cncn2)cc1)C1CC12CCNCC2. The van der Waals surface area contributed by atoms with Gasteiger partial charge >= 0.3 is 0 Å². The fourth-order valence-electron chi connectivity index (χ4n) is 3.62. The van der Waals surface area contributed by atoms with E-state index in [1.54, 1.807) is 11.0 Å². The van der Waals surface area contributed by atoms with E-state index in [2.05, 4.69) is 20.7 Å². The largest absolute Gasteiger partial charge is 0.352 e. The number of aromatic nitrogens is 3. The van der Waals surface area contributed by atoms with E-state index < -0.39 is 0 Å². The van der Waals surface area contributed by atoms with Crippen LogP contribution in [-0.4, -0.2) is 33.8 Å². The maximum atomic E-state index is 12.4. The minimum absolute atomic E-state index is 0.215.